The molecule has 154 valence electrons. The number of nitrogens with zero attached hydrogens (tertiary/aromatic N) is 2. The standard InChI is InChI=1S/C21H19FN4O4/c1-2-30-20(28)17-12-23-26(13-18(27)14-7-4-3-5-8-14)19(17)25-21(29)24-16-10-6-9-15(22)11-16/h3-12H,2,13H2,1H3,(H2,24,25,29). The van der Waals surface area contributed by atoms with E-state index < -0.39 is 17.8 Å². The van der Waals surface area contributed by atoms with Gasteiger partial charge in [0.15, 0.2) is 5.78 Å². The van der Waals surface area contributed by atoms with Gasteiger partial charge in [0, 0.05) is 11.3 Å². The summed E-state index contributed by atoms with van der Waals surface area (Å²) in [6, 6.07) is 13.1. The van der Waals surface area contributed by atoms with E-state index >= 15 is 0 Å². The number of nitrogens with one attached hydrogen (secondary N) is 2. The average molecular weight is 410 g/mol. The molecule has 30 heavy (non-hydrogen) atoms. The van der Waals surface area contributed by atoms with Crippen molar-refractivity contribution in [3.05, 3.63) is 77.7 Å². The number of esters is 1. The van der Waals surface area contributed by atoms with Crippen molar-refractivity contribution in [1.82, 2.24) is 9.78 Å². The van der Waals surface area contributed by atoms with Crippen LogP contribution in [0.25, 0.3) is 0 Å². The highest BCUT2D eigenvalue weighted by Gasteiger charge is 2.22. The summed E-state index contributed by atoms with van der Waals surface area (Å²) in [5.74, 6) is -1.48. The molecule has 3 aromatic rings. The zero-order chi connectivity index (χ0) is 21.5. The van der Waals surface area contributed by atoms with Gasteiger partial charge < -0.3 is 10.1 Å². The van der Waals surface area contributed by atoms with Crippen LogP contribution in [0.15, 0.2) is 60.8 Å². The molecule has 0 atom stereocenters. The van der Waals surface area contributed by atoms with E-state index in [0.717, 1.165) is 6.07 Å². The van der Waals surface area contributed by atoms with Crippen LogP contribution in [0, 0.1) is 5.82 Å². The van der Waals surface area contributed by atoms with Gasteiger partial charge in [-0.15, -0.1) is 0 Å². The molecule has 1 heterocycles. The number of aromatic nitrogens is 2. The number of carbonyl (C=O) groups excluding carboxylic acids is 3. The van der Waals surface area contributed by atoms with Gasteiger partial charge in [0.05, 0.1) is 12.8 Å². The Hall–Kier alpha value is -4.01. The largest absolute Gasteiger partial charge is 0.462 e. The van der Waals surface area contributed by atoms with E-state index in [4.69, 9.17) is 4.74 Å². The van der Waals surface area contributed by atoms with Crippen LogP contribution in [0.1, 0.15) is 27.6 Å². The van der Waals surface area contributed by atoms with E-state index in [9.17, 15) is 18.8 Å². The van der Waals surface area contributed by atoms with Gasteiger partial charge in [-0.1, -0.05) is 36.4 Å². The second-order valence-corrected chi connectivity index (χ2v) is 6.16. The molecule has 8 nitrogen and oxygen atoms in total. The molecule has 3 rings (SSSR count). The minimum absolute atomic E-state index is 0.00731. The van der Waals surface area contributed by atoms with Crippen molar-refractivity contribution in [2.24, 2.45) is 0 Å². The number of carbonyl (C=O) groups is 3. The molecule has 0 spiro atoms. The molecule has 2 amide bonds. The quantitative estimate of drug-likeness (QED) is 0.456. The topological polar surface area (TPSA) is 102 Å². The van der Waals surface area contributed by atoms with Crippen LogP contribution >= 0.6 is 0 Å². The van der Waals surface area contributed by atoms with Crippen LogP contribution in [-0.2, 0) is 11.3 Å². The second kappa shape index (κ2) is 9.46. The summed E-state index contributed by atoms with van der Waals surface area (Å²) in [7, 11) is 0. The molecule has 0 bridgehead atoms. The summed E-state index contributed by atoms with van der Waals surface area (Å²) in [5, 5.41) is 9.01. The van der Waals surface area contributed by atoms with Crippen molar-refractivity contribution >= 4 is 29.3 Å². The summed E-state index contributed by atoms with van der Waals surface area (Å²) in [6.45, 7) is 1.56. The fourth-order valence-corrected chi connectivity index (χ4v) is 2.68. The van der Waals surface area contributed by atoms with Crippen LogP contribution in [0.4, 0.5) is 20.7 Å². The van der Waals surface area contributed by atoms with Crippen molar-refractivity contribution in [3.63, 3.8) is 0 Å². The molecule has 1 aromatic heterocycles. The molecule has 9 heteroatoms. The van der Waals surface area contributed by atoms with Gasteiger partial charge in [0.2, 0.25) is 0 Å². The molecule has 0 fully saturated rings. The van der Waals surface area contributed by atoms with E-state index in [2.05, 4.69) is 15.7 Å². The van der Waals surface area contributed by atoms with Crippen molar-refractivity contribution < 1.29 is 23.5 Å². The Bertz CT molecular complexity index is 1070. The first-order valence-corrected chi connectivity index (χ1v) is 9.12. The molecule has 0 saturated carbocycles. The van der Waals surface area contributed by atoms with Gasteiger partial charge in [0.1, 0.15) is 23.7 Å². The Labute approximate surface area is 171 Å². The zero-order valence-electron chi connectivity index (χ0n) is 16.1. The van der Waals surface area contributed by atoms with Gasteiger partial charge in [-0.2, -0.15) is 5.10 Å². The van der Waals surface area contributed by atoms with Crippen molar-refractivity contribution in [1.29, 1.82) is 0 Å². The first-order chi connectivity index (χ1) is 14.5. The molecule has 2 aromatic carbocycles. The summed E-state index contributed by atoms with van der Waals surface area (Å²) >= 11 is 0. The molecule has 0 unspecified atom stereocenters. The Kier molecular flexibility index (Phi) is 6.53. The second-order valence-electron chi connectivity index (χ2n) is 6.16. The number of halogens is 1. The van der Waals surface area contributed by atoms with E-state index in [1.54, 1.807) is 37.3 Å². The normalized spacial score (nSPS) is 10.3. The lowest BCUT2D eigenvalue weighted by atomic mass is 10.1. The smallest absolute Gasteiger partial charge is 0.343 e. The number of hydrogen-bond acceptors (Lipinski definition) is 5. The average Bonchev–Trinajstić information content (AvgIpc) is 3.11. The fourth-order valence-electron chi connectivity index (χ4n) is 2.68. The fraction of sp³-hybridized carbons (Fsp3) is 0.143. The van der Waals surface area contributed by atoms with Crippen molar-refractivity contribution in [2.45, 2.75) is 13.5 Å². The third-order valence-corrected chi connectivity index (χ3v) is 4.04. The number of ether oxygens (including phenoxy) is 1. The molecular weight excluding hydrogens is 391 g/mol. The molecule has 2 N–H and O–H groups in total. The molecule has 0 radical (unpaired) electrons. The van der Waals surface area contributed by atoms with E-state index in [1.807, 2.05) is 0 Å². The SMILES string of the molecule is CCOC(=O)c1cnn(CC(=O)c2ccccc2)c1NC(=O)Nc1cccc(F)c1. The zero-order valence-corrected chi connectivity index (χ0v) is 16.1. The number of urea groups is 1. The number of hydrogen-bond donors (Lipinski definition) is 2. The predicted octanol–water partition coefficient (Wildman–Crippen LogP) is 3.73. The monoisotopic (exact) mass is 410 g/mol. The van der Waals surface area contributed by atoms with Gasteiger partial charge in [-0.05, 0) is 25.1 Å². The summed E-state index contributed by atoms with van der Waals surface area (Å²) in [6.07, 6.45) is 1.22. The Balaban J connectivity index is 1.84. The van der Waals surface area contributed by atoms with Crippen molar-refractivity contribution in [3.8, 4) is 0 Å². The first-order valence-electron chi connectivity index (χ1n) is 9.12. The highest BCUT2D eigenvalue weighted by atomic mass is 19.1. The summed E-state index contributed by atoms with van der Waals surface area (Å²) in [4.78, 5) is 37.2. The van der Waals surface area contributed by atoms with Crippen molar-refractivity contribution in [2.75, 3.05) is 17.2 Å². The minimum atomic E-state index is -0.736. The number of Topliss-reactive ketones (excluding diaryl/α,β-unsaturated/α-hetero) is 1. The predicted molar refractivity (Wildman–Crippen MR) is 108 cm³/mol. The minimum Gasteiger partial charge on any atom is -0.462 e. The van der Waals surface area contributed by atoms with Crippen LogP contribution in [0.5, 0.6) is 0 Å². The van der Waals surface area contributed by atoms with E-state index in [1.165, 1.54) is 29.1 Å². The highest BCUT2D eigenvalue weighted by molar-refractivity contribution is 6.04. The lowest BCUT2D eigenvalue weighted by molar-refractivity contribution is 0.0527. The van der Waals surface area contributed by atoms with E-state index in [0.29, 0.717) is 5.56 Å². The summed E-state index contributed by atoms with van der Waals surface area (Å²) in [5.41, 5.74) is 0.671. The lowest BCUT2D eigenvalue weighted by Crippen LogP contribution is -2.24. The van der Waals surface area contributed by atoms with Crippen LogP contribution < -0.4 is 10.6 Å². The van der Waals surface area contributed by atoms with Gasteiger partial charge >= 0.3 is 12.0 Å². The molecule has 0 aliphatic rings. The van der Waals surface area contributed by atoms with Crippen LogP contribution in [-0.4, -0.2) is 34.2 Å². The Morgan fingerprint density at radius 3 is 2.53 bits per heavy atom. The number of rotatable bonds is 7. The molecule has 0 aliphatic heterocycles. The number of amides is 2. The summed E-state index contributed by atoms with van der Waals surface area (Å²) < 4.78 is 19.5. The van der Waals surface area contributed by atoms with Gasteiger partial charge in [-0.3, -0.25) is 10.1 Å². The highest BCUT2D eigenvalue weighted by Crippen LogP contribution is 2.19. The third-order valence-electron chi connectivity index (χ3n) is 4.04. The molecular formula is C21H19FN4O4. The Morgan fingerprint density at radius 1 is 1.07 bits per heavy atom. The maximum Gasteiger partial charge on any atom is 0.343 e. The first kappa shape index (κ1) is 20.7. The number of anilines is 2. The lowest BCUT2D eigenvalue weighted by Gasteiger charge is -2.12. The maximum atomic E-state index is 13.3. The Morgan fingerprint density at radius 2 is 1.83 bits per heavy atom. The van der Waals surface area contributed by atoms with Crippen LogP contribution in [0.2, 0.25) is 0 Å². The maximum absolute atomic E-state index is 13.3. The number of ketones is 1. The van der Waals surface area contributed by atoms with Crippen LogP contribution in [0.3, 0.4) is 0 Å². The third kappa shape index (κ3) is 5.07. The van der Waals surface area contributed by atoms with Gasteiger partial charge in [-0.25, -0.2) is 18.7 Å². The number of benzene rings is 2. The molecule has 0 aliphatic carbocycles. The van der Waals surface area contributed by atoms with E-state index in [-0.39, 0.29) is 36.0 Å². The van der Waals surface area contributed by atoms with Gasteiger partial charge in [0.25, 0.3) is 0 Å². The molecule has 0 saturated heterocycles.